The Labute approximate surface area is 90.3 Å². The monoisotopic (exact) mass is 228 g/mol. The predicted octanol–water partition coefficient (Wildman–Crippen LogP) is 0.798. The average molecular weight is 228 g/mol. The lowest BCUT2D eigenvalue weighted by Gasteiger charge is -2.04. The molecule has 0 fully saturated rings. The van der Waals surface area contributed by atoms with E-state index >= 15 is 0 Å². The molecule has 0 atom stereocenters. The van der Waals surface area contributed by atoms with Crippen LogP contribution in [-0.4, -0.2) is 14.2 Å². The number of primary sulfonamides is 1. The standard InChI is InChI=1S/C10H16N2O2S/c1-8-4-5-9(7-10(8)11)3-2-6-15(12,13)14/h4-5,7H,2-3,6,11H2,1H3,(H2,12,13,14). The fraction of sp³-hybridized carbons (Fsp3) is 0.400. The van der Waals surface area contributed by atoms with Gasteiger partial charge < -0.3 is 5.73 Å². The zero-order valence-electron chi connectivity index (χ0n) is 8.73. The average Bonchev–Trinajstić information content (AvgIpc) is 2.09. The maximum atomic E-state index is 10.7. The molecule has 0 radical (unpaired) electrons. The van der Waals surface area contributed by atoms with Crippen LogP contribution in [0.2, 0.25) is 0 Å². The SMILES string of the molecule is Cc1ccc(CCCS(N)(=O)=O)cc1N. The van der Waals surface area contributed by atoms with Crippen molar-refractivity contribution in [2.24, 2.45) is 5.14 Å². The van der Waals surface area contributed by atoms with Crippen molar-refractivity contribution in [1.82, 2.24) is 0 Å². The van der Waals surface area contributed by atoms with E-state index in [0.717, 1.165) is 16.8 Å². The fourth-order valence-corrected chi connectivity index (χ4v) is 1.87. The van der Waals surface area contributed by atoms with E-state index in [1.54, 1.807) is 0 Å². The molecule has 0 saturated carbocycles. The topological polar surface area (TPSA) is 86.2 Å². The number of hydrogen-bond acceptors (Lipinski definition) is 3. The molecule has 0 heterocycles. The van der Waals surface area contributed by atoms with E-state index in [2.05, 4.69) is 0 Å². The predicted molar refractivity (Wildman–Crippen MR) is 61.9 cm³/mol. The van der Waals surface area contributed by atoms with Crippen molar-refractivity contribution in [3.05, 3.63) is 29.3 Å². The van der Waals surface area contributed by atoms with E-state index in [4.69, 9.17) is 10.9 Å². The van der Waals surface area contributed by atoms with Crippen molar-refractivity contribution in [3.8, 4) is 0 Å². The number of anilines is 1. The van der Waals surface area contributed by atoms with Gasteiger partial charge in [0, 0.05) is 5.69 Å². The molecule has 0 aromatic heterocycles. The maximum Gasteiger partial charge on any atom is 0.209 e. The van der Waals surface area contributed by atoms with Crippen LogP contribution in [0.3, 0.4) is 0 Å². The third-order valence-corrected chi connectivity index (χ3v) is 3.10. The van der Waals surface area contributed by atoms with E-state index in [1.807, 2.05) is 25.1 Å². The van der Waals surface area contributed by atoms with E-state index in [0.29, 0.717) is 12.8 Å². The Hall–Kier alpha value is -1.07. The molecule has 0 aliphatic carbocycles. The van der Waals surface area contributed by atoms with Gasteiger partial charge in [-0.1, -0.05) is 12.1 Å². The molecular weight excluding hydrogens is 212 g/mol. The first kappa shape index (κ1) is 12.0. The quantitative estimate of drug-likeness (QED) is 0.747. The third kappa shape index (κ3) is 4.31. The Morgan fingerprint density at radius 1 is 1.33 bits per heavy atom. The fourth-order valence-electron chi connectivity index (χ4n) is 1.32. The molecule has 1 rings (SSSR count). The first-order valence-electron chi connectivity index (χ1n) is 4.74. The summed E-state index contributed by atoms with van der Waals surface area (Å²) in [5.74, 6) is 0.0147. The molecule has 1 aromatic rings. The normalized spacial score (nSPS) is 11.6. The number of nitrogens with two attached hydrogens (primary N) is 2. The maximum absolute atomic E-state index is 10.7. The van der Waals surface area contributed by atoms with Gasteiger partial charge in [0.1, 0.15) is 0 Å². The molecule has 0 aliphatic rings. The lowest BCUT2D eigenvalue weighted by atomic mass is 10.1. The molecule has 15 heavy (non-hydrogen) atoms. The molecule has 0 spiro atoms. The first-order chi connectivity index (χ1) is 6.88. The van der Waals surface area contributed by atoms with Crippen LogP contribution in [0.5, 0.6) is 0 Å². The zero-order chi connectivity index (χ0) is 11.5. The molecule has 0 amide bonds. The molecule has 5 heteroatoms. The van der Waals surface area contributed by atoms with Gasteiger partial charge in [-0.15, -0.1) is 0 Å². The van der Waals surface area contributed by atoms with E-state index < -0.39 is 10.0 Å². The molecule has 0 aliphatic heterocycles. The second kappa shape index (κ2) is 4.63. The van der Waals surface area contributed by atoms with Gasteiger partial charge in [-0.2, -0.15) is 0 Å². The second-order valence-corrected chi connectivity index (χ2v) is 5.40. The van der Waals surface area contributed by atoms with Gasteiger partial charge in [-0.05, 0) is 37.0 Å². The number of benzene rings is 1. The van der Waals surface area contributed by atoms with Crippen LogP contribution in [0.25, 0.3) is 0 Å². The van der Waals surface area contributed by atoms with Gasteiger partial charge in [0.15, 0.2) is 0 Å². The highest BCUT2D eigenvalue weighted by Gasteiger charge is 2.03. The summed E-state index contributed by atoms with van der Waals surface area (Å²) >= 11 is 0. The van der Waals surface area contributed by atoms with Crippen LogP contribution in [0.15, 0.2) is 18.2 Å². The molecular formula is C10H16N2O2S. The molecule has 1 aromatic carbocycles. The smallest absolute Gasteiger partial charge is 0.209 e. The molecule has 0 bridgehead atoms. The number of hydrogen-bond donors (Lipinski definition) is 2. The Kier molecular flexibility index (Phi) is 3.71. The number of nitrogen functional groups attached to an aromatic ring is 1. The summed E-state index contributed by atoms with van der Waals surface area (Å²) in [4.78, 5) is 0. The molecule has 0 unspecified atom stereocenters. The third-order valence-electron chi connectivity index (χ3n) is 2.24. The van der Waals surface area contributed by atoms with Crippen LogP contribution in [-0.2, 0) is 16.4 Å². The minimum absolute atomic E-state index is 0.0147. The first-order valence-corrected chi connectivity index (χ1v) is 6.45. The molecule has 4 N–H and O–H groups in total. The van der Waals surface area contributed by atoms with Gasteiger partial charge in [-0.3, -0.25) is 0 Å². The summed E-state index contributed by atoms with van der Waals surface area (Å²) in [5, 5.41) is 4.90. The second-order valence-electron chi connectivity index (χ2n) is 3.66. The van der Waals surface area contributed by atoms with E-state index in [-0.39, 0.29) is 5.75 Å². The summed E-state index contributed by atoms with van der Waals surface area (Å²) in [6.07, 6.45) is 1.21. The van der Waals surface area contributed by atoms with Gasteiger partial charge >= 0.3 is 0 Å². The van der Waals surface area contributed by atoms with Gasteiger partial charge in [-0.25, -0.2) is 13.6 Å². The molecule has 0 saturated heterocycles. The van der Waals surface area contributed by atoms with Crippen LogP contribution >= 0.6 is 0 Å². The number of sulfonamides is 1. The van der Waals surface area contributed by atoms with Crippen molar-refractivity contribution >= 4 is 15.7 Å². The van der Waals surface area contributed by atoms with Crippen LogP contribution in [0, 0.1) is 6.92 Å². The van der Waals surface area contributed by atoms with Crippen molar-refractivity contribution < 1.29 is 8.42 Å². The van der Waals surface area contributed by atoms with Crippen LogP contribution in [0.1, 0.15) is 17.5 Å². The highest BCUT2D eigenvalue weighted by atomic mass is 32.2. The largest absolute Gasteiger partial charge is 0.399 e. The minimum Gasteiger partial charge on any atom is -0.399 e. The Balaban J connectivity index is 2.55. The highest BCUT2D eigenvalue weighted by Crippen LogP contribution is 2.14. The van der Waals surface area contributed by atoms with Crippen LogP contribution in [0.4, 0.5) is 5.69 Å². The Bertz CT molecular complexity index is 441. The number of aryl methyl sites for hydroxylation is 2. The van der Waals surface area contributed by atoms with Crippen molar-refractivity contribution in [2.75, 3.05) is 11.5 Å². The summed E-state index contributed by atoms with van der Waals surface area (Å²) in [6.45, 7) is 1.93. The highest BCUT2D eigenvalue weighted by molar-refractivity contribution is 7.89. The molecule has 84 valence electrons. The summed E-state index contributed by atoms with van der Waals surface area (Å²) in [6, 6.07) is 5.76. The van der Waals surface area contributed by atoms with E-state index in [9.17, 15) is 8.42 Å². The zero-order valence-corrected chi connectivity index (χ0v) is 9.55. The van der Waals surface area contributed by atoms with Crippen molar-refractivity contribution in [2.45, 2.75) is 19.8 Å². The van der Waals surface area contributed by atoms with E-state index in [1.165, 1.54) is 0 Å². The van der Waals surface area contributed by atoms with Gasteiger partial charge in [0.25, 0.3) is 0 Å². The van der Waals surface area contributed by atoms with Crippen molar-refractivity contribution in [3.63, 3.8) is 0 Å². The Morgan fingerprint density at radius 3 is 2.53 bits per heavy atom. The van der Waals surface area contributed by atoms with Gasteiger partial charge in [0.2, 0.25) is 10.0 Å². The lowest BCUT2D eigenvalue weighted by molar-refractivity contribution is 0.595. The lowest BCUT2D eigenvalue weighted by Crippen LogP contribution is -2.16. The number of rotatable bonds is 4. The molecule has 4 nitrogen and oxygen atoms in total. The summed E-state index contributed by atoms with van der Waals surface area (Å²) in [5.41, 5.74) is 8.55. The van der Waals surface area contributed by atoms with Crippen molar-refractivity contribution in [1.29, 1.82) is 0 Å². The summed E-state index contributed by atoms with van der Waals surface area (Å²) < 4.78 is 21.4. The summed E-state index contributed by atoms with van der Waals surface area (Å²) in [7, 11) is -3.34. The Morgan fingerprint density at radius 2 is 2.00 bits per heavy atom. The minimum atomic E-state index is -3.34. The van der Waals surface area contributed by atoms with Crippen LogP contribution < -0.4 is 10.9 Å². The van der Waals surface area contributed by atoms with Gasteiger partial charge in [0.05, 0.1) is 5.75 Å².